The molecule has 294 valence electrons. The van der Waals surface area contributed by atoms with Gasteiger partial charge in [-0.3, -0.25) is 15.3 Å². The highest BCUT2D eigenvalue weighted by Crippen LogP contribution is 2.33. The minimum absolute atomic E-state index is 0.0566. The first kappa shape index (κ1) is 39.5. The maximum Gasteiger partial charge on any atom is 0.189 e. The van der Waals surface area contributed by atoms with Crippen molar-refractivity contribution in [1.82, 2.24) is 60.5 Å². The number of aromatic amines is 3. The fourth-order valence-corrected chi connectivity index (χ4v) is 7.86. The second-order valence-electron chi connectivity index (χ2n) is 12.5. The van der Waals surface area contributed by atoms with E-state index < -0.39 is 11.6 Å². The van der Waals surface area contributed by atoms with Gasteiger partial charge < -0.3 is 16.0 Å². The van der Waals surface area contributed by atoms with Crippen LogP contribution in [0.3, 0.4) is 0 Å². The van der Waals surface area contributed by atoms with E-state index in [0.717, 1.165) is 88.3 Å². The highest BCUT2D eigenvalue weighted by atomic mass is 32.1. The molecule has 0 fully saturated rings. The average Bonchev–Trinajstić information content (AvgIpc) is 4.05. The van der Waals surface area contributed by atoms with Crippen molar-refractivity contribution in [3.63, 3.8) is 0 Å². The lowest BCUT2D eigenvalue weighted by molar-refractivity contribution is 0.576. The van der Waals surface area contributed by atoms with Gasteiger partial charge in [-0.15, -0.1) is 34.0 Å². The summed E-state index contributed by atoms with van der Waals surface area (Å²) in [5.74, 6) is 0.0871. The average molecular weight is 836 g/mol. The molecule has 15 nitrogen and oxygen atoms in total. The molecule has 0 atom stereocenters. The van der Waals surface area contributed by atoms with E-state index >= 15 is 0 Å². The number of aryl methyl sites for hydroxylation is 5. The van der Waals surface area contributed by atoms with Gasteiger partial charge in [0.2, 0.25) is 0 Å². The molecule has 0 unspecified atom stereocenters. The number of halogens is 2. The summed E-state index contributed by atoms with van der Waals surface area (Å²) in [6.07, 6.45) is 13.4. The zero-order valence-corrected chi connectivity index (χ0v) is 34.0. The van der Waals surface area contributed by atoms with E-state index in [2.05, 4.69) is 90.3 Å². The summed E-state index contributed by atoms with van der Waals surface area (Å²) in [7, 11) is 0. The molecule has 9 aromatic heterocycles. The minimum atomic E-state index is -0.761. The summed E-state index contributed by atoms with van der Waals surface area (Å²) in [5.41, 5.74) is 7.66. The molecule has 20 heteroatoms. The Morgan fingerprint density at radius 1 is 0.552 bits per heavy atom. The quantitative estimate of drug-likeness (QED) is 0.0806. The highest BCUT2D eigenvalue weighted by molar-refractivity contribution is 7.16. The van der Waals surface area contributed by atoms with E-state index in [1.54, 1.807) is 53.7 Å². The lowest BCUT2D eigenvalue weighted by Gasteiger charge is -2.02. The lowest BCUT2D eigenvalue weighted by Crippen LogP contribution is -1.97. The first-order valence-corrected chi connectivity index (χ1v) is 19.9. The molecule has 58 heavy (non-hydrogen) atoms. The van der Waals surface area contributed by atoms with Crippen molar-refractivity contribution in [2.24, 2.45) is 0 Å². The van der Waals surface area contributed by atoms with Crippen LogP contribution in [0, 0.1) is 46.3 Å². The number of anilines is 6. The van der Waals surface area contributed by atoms with Crippen molar-refractivity contribution in [3.8, 4) is 33.8 Å². The first-order chi connectivity index (χ1) is 28.1. The Balaban J connectivity index is 0.000000132. The number of hydrogen-bond donors (Lipinski definition) is 6. The molecule has 0 aliphatic heterocycles. The number of rotatable bonds is 9. The van der Waals surface area contributed by atoms with Gasteiger partial charge in [-0.1, -0.05) is 6.07 Å². The molecule has 0 amide bonds. The fraction of sp³-hybridized carbons (Fsp3) is 0.132. The van der Waals surface area contributed by atoms with Gasteiger partial charge in [-0.25, -0.2) is 38.7 Å². The summed E-state index contributed by atoms with van der Waals surface area (Å²) in [6.45, 7) is 10.0. The van der Waals surface area contributed by atoms with Gasteiger partial charge in [0.25, 0.3) is 0 Å². The second kappa shape index (κ2) is 18.0. The summed E-state index contributed by atoms with van der Waals surface area (Å²) in [5, 5.41) is 31.5. The number of thiazole rings is 3. The molecule has 0 aliphatic carbocycles. The minimum Gasteiger partial charge on any atom is -0.316 e. The van der Waals surface area contributed by atoms with Crippen LogP contribution in [0.4, 0.5) is 41.6 Å². The number of hydrogen-bond acceptors (Lipinski definition) is 15. The topological polar surface area (TPSA) is 199 Å². The molecule has 0 bridgehead atoms. The molecule has 0 saturated heterocycles. The van der Waals surface area contributed by atoms with E-state index in [9.17, 15) is 8.78 Å². The maximum absolute atomic E-state index is 13.5. The normalized spacial score (nSPS) is 10.7. The molecule has 9 aromatic rings. The van der Waals surface area contributed by atoms with Crippen LogP contribution in [0.2, 0.25) is 0 Å². The molecular formula is C38H35F2N15S3. The monoisotopic (exact) mass is 835 g/mol. The largest absolute Gasteiger partial charge is 0.316 e. The van der Waals surface area contributed by atoms with E-state index in [1.165, 1.54) is 16.9 Å². The summed E-state index contributed by atoms with van der Waals surface area (Å²) >= 11 is 4.57. The van der Waals surface area contributed by atoms with Gasteiger partial charge in [0, 0.05) is 67.9 Å². The van der Waals surface area contributed by atoms with E-state index in [0.29, 0.717) is 5.13 Å². The standard InChI is InChI=1S/2C13H13N5S.C12H9F2N5S/c1-8-3-4-14-11(5-8)17-13-18-12(9(2)19-13)10-6-15-16-7-10;1-8-4-3-5-11(16-8)17-13-18-12(9(2)19-13)10-6-14-15-7-10;1-6-10(7-3-16-17-4-7)18-12(20-6)19-11-9(14)2-8(13)5-15-11/h3-7H,1-2H3,(H,15,16)(H,14,17,18);3-7H,1-2H3,(H,14,15)(H,16,17,18);2-5H,1H3,(H,16,17)(H,15,18,19). The van der Waals surface area contributed by atoms with Crippen molar-refractivity contribution in [2.45, 2.75) is 34.6 Å². The van der Waals surface area contributed by atoms with Crippen molar-refractivity contribution in [2.75, 3.05) is 16.0 Å². The van der Waals surface area contributed by atoms with Gasteiger partial charge in [0.15, 0.2) is 27.0 Å². The number of nitrogens with zero attached hydrogens (tertiary/aromatic N) is 9. The Morgan fingerprint density at radius 3 is 1.53 bits per heavy atom. The van der Waals surface area contributed by atoms with E-state index in [1.807, 2.05) is 63.5 Å². The summed E-state index contributed by atoms with van der Waals surface area (Å²) < 4.78 is 26.3. The van der Waals surface area contributed by atoms with Gasteiger partial charge in [0.05, 0.1) is 41.9 Å². The number of pyridine rings is 3. The van der Waals surface area contributed by atoms with Crippen LogP contribution in [0.5, 0.6) is 0 Å². The molecule has 0 spiro atoms. The lowest BCUT2D eigenvalue weighted by atomic mass is 10.2. The Morgan fingerprint density at radius 2 is 1.07 bits per heavy atom. The Kier molecular flexibility index (Phi) is 12.3. The van der Waals surface area contributed by atoms with E-state index in [4.69, 9.17) is 0 Å². The third kappa shape index (κ3) is 9.96. The van der Waals surface area contributed by atoms with Gasteiger partial charge in [0.1, 0.15) is 17.5 Å². The third-order valence-electron chi connectivity index (χ3n) is 8.01. The van der Waals surface area contributed by atoms with E-state index in [-0.39, 0.29) is 5.82 Å². The van der Waals surface area contributed by atoms with Crippen LogP contribution in [-0.4, -0.2) is 60.5 Å². The number of H-pyrrole nitrogens is 3. The van der Waals surface area contributed by atoms with Crippen LogP contribution < -0.4 is 16.0 Å². The Labute approximate surface area is 342 Å². The first-order valence-electron chi connectivity index (χ1n) is 17.5. The van der Waals surface area contributed by atoms with Crippen molar-refractivity contribution in [1.29, 1.82) is 0 Å². The maximum atomic E-state index is 13.5. The van der Waals surface area contributed by atoms with Crippen LogP contribution in [0.15, 0.2) is 86.0 Å². The summed E-state index contributed by atoms with van der Waals surface area (Å²) in [6, 6.07) is 10.6. The third-order valence-corrected chi connectivity index (χ3v) is 10.7. The molecule has 9 rings (SSSR count). The summed E-state index contributed by atoms with van der Waals surface area (Å²) in [4.78, 5) is 29.1. The molecule has 0 aliphatic rings. The molecular weight excluding hydrogens is 801 g/mol. The smallest absolute Gasteiger partial charge is 0.189 e. The Hall–Kier alpha value is -6.77. The second-order valence-corrected chi connectivity index (χ2v) is 16.1. The highest BCUT2D eigenvalue weighted by Gasteiger charge is 2.15. The molecule has 6 N–H and O–H groups in total. The van der Waals surface area contributed by atoms with Crippen molar-refractivity contribution < 1.29 is 8.78 Å². The van der Waals surface area contributed by atoms with Crippen LogP contribution in [-0.2, 0) is 0 Å². The Bertz CT molecular complexity index is 2580. The van der Waals surface area contributed by atoms with Crippen LogP contribution in [0.1, 0.15) is 25.9 Å². The van der Waals surface area contributed by atoms with Gasteiger partial charge in [-0.2, -0.15) is 15.3 Å². The SMILES string of the molecule is Cc1cccc(Nc2nc(-c3cn[nH]c3)c(C)s2)n1.Cc1ccnc(Nc2nc(-c3cn[nH]c3)c(C)s2)c1.Cc1sc(Nc2ncc(F)cc2F)nc1-c1cn[nH]c1. The van der Waals surface area contributed by atoms with Crippen LogP contribution in [0.25, 0.3) is 33.8 Å². The fourth-order valence-electron chi connectivity index (χ4n) is 5.34. The number of nitrogens with one attached hydrogen (secondary N) is 6. The zero-order chi connectivity index (χ0) is 40.6. The molecule has 0 radical (unpaired) electrons. The zero-order valence-electron chi connectivity index (χ0n) is 31.6. The molecule has 0 saturated carbocycles. The van der Waals surface area contributed by atoms with Crippen molar-refractivity contribution in [3.05, 3.63) is 123 Å². The van der Waals surface area contributed by atoms with Gasteiger partial charge >= 0.3 is 0 Å². The number of aromatic nitrogens is 12. The molecule has 0 aromatic carbocycles. The van der Waals surface area contributed by atoms with Crippen molar-refractivity contribution >= 4 is 66.9 Å². The predicted octanol–water partition coefficient (Wildman–Crippen LogP) is 9.84. The van der Waals surface area contributed by atoms with Gasteiger partial charge in [-0.05, 0) is 64.4 Å². The predicted molar refractivity (Wildman–Crippen MR) is 225 cm³/mol. The van der Waals surface area contributed by atoms with Crippen LogP contribution >= 0.6 is 34.0 Å². The molecule has 9 heterocycles.